The highest BCUT2D eigenvalue weighted by Crippen LogP contribution is 2.60. The number of aromatic nitrogens is 4. The summed E-state index contributed by atoms with van der Waals surface area (Å²) in [7, 11) is -4.42. The Balaban J connectivity index is 1.77. The Hall–Kier alpha value is -4.04. The number of nitrogens with one attached hydrogen (secondary N) is 1. The van der Waals surface area contributed by atoms with Gasteiger partial charge in [-0.05, 0) is 48.3 Å². The number of hydrogen-bond donors (Lipinski definition) is 4. The number of nitrogens with two attached hydrogens (primary N) is 2. The number of esters is 1. The van der Waals surface area contributed by atoms with Gasteiger partial charge in [0.2, 0.25) is 5.95 Å². The summed E-state index contributed by atoms with van der Waals surface area (Å²) < 4.78 is 36.4. The third-order valence-corrected chi connectivity index (χ3v) is 11.0. The number of ether oxygens (including phenoxy) is 1. The number of benzene rings is 1. The molecule has 0 radical (unpaired) electrons. The Labute approximate surface area is 292 Å². The quantitative estimate of drug-likeness (QED) is 0.0960. The number of para-hydroxylation sites is 1. The van der Waals surface area contributed by atoms with E-state index in [-0.39, 0.29) is 66.8 Å². The van der Waals surface area contributed by atoms with Crippen molar-refractivity contribution >= 4 is 43.0 Å². The van der Waals surface area contributed by atoms with Crippen LogP contribution in [0.1, 0.15) is 67.2 Å². The van der Waals surface area contributed by atoms with Crippen molar-refractivity contribution in [3.8, 4) is 5.75 Å². The summed E-state index contributed by atoms with van der Waals surface area (Å²) in [6.07, 6.45) is 5.07. The molecule has 50 heavy (non-hydrogen) atoms. The van der Waals surface area contributed by atoms with Gasteiger partial charge in [0.1, 0.15) is 30.8 Å². The number of H-pyrrole nitrogens is 1. The fourth-order valence-corrected chi connectivity index (χ4v) is 7.66. The molecule has 4 rings (SSSR count). The molecule has 0 spiro atoms. The molecule has 1 fully saturated rings. The first kappa shape index (κ1) is 38.8. The van der Waals surface area contributed by atoms with Crippen molar-refractivity contribution in [3.05, 3.63) is 52.6 Å². The number of aliphatic carboxylic acids is 1. The number of carbonyl (C=O) groups is 2. The summed E-state index contributed by atoms with van der Waals surface area (Å²) in [5, 5.41) is 10.5. The van der Waals surface area contributed by atoms with Crippen LogP contribution in [0.3, 0.4) is 0 Å². The summed E-state index contributed by atoms with van der Waals surface area (Å²) in [5.74, 6) is -1.81. The molecular formula is C34H50N7O8P. The fraction of sp³-hybridized carbons (Fsp3) is 0.559. The smallest absolute Gasteiger partial charge is 0.462 e. The van der Waals surface area contributed by atoms with E-state index < -0.39 is 42.7 Å². The van der Waals surface area contributed by atoms with Crippen molar-refractivity contribution in [2.24, 2.45) is 28.9 Å². The van der Waals surface area contributed by atoms with Crippen LogP contribution in [0.25, 0.3) is 17.4 Å². The van der Waals surface area contributed by atoms with Gasteiger partial charge in [-0.15, -0.1) is 0 Å². The molecule has 1 unspecified atom stereocenters. The first-order valence-corrected chi connectivity index (χ1v) is 18.5. The molecule has 1 aliphatic carbocycles. The molecule has 0 saturated heterocycles. The van der Waals surface area contributed by atoms with Gasteiger partial charge in [0.15, 0.2) is 11.2 Å². The Kier molecular flexibility index (Phi) is 12.7. The van der Waals surface area contributed by atoms with Crippen LogP contribution < -0.4 is 21.6 Å². The van der Waals surface area contributed by atoms with E-state index in [1.54, 1.807) is 50.4 Å². The first-order valence-electron chi connectivity index (χ1n) is 17.0. The summed E-state index contributed by atoms with van der Waals surface area (Å²) in [6, 6.07) is 6.42. The van der Waals surface area contributed by atoms with Crippen LogP contribution in [0.2, 0.25) is 0 Å². The second kappa shape index (κ2) is 16.3. The van der Waals surface area contributed by atoms with Gasteiger partial charge in [-0.3, -0.25) is 28.5 Å². The lowest BCUT2D eigenvalue weighted by molar-refractivity contribution is -0.148. The molecule has 2 aromatic heterocycles. The predicted molar refractivity (Wildman–Crippen MR) is 190 cm³/mol. The molecule has 1 aliphatic rings. The molecular weight excluding hydrogens is 665 g/mol. The SMILES string of the molecule is CCC(CC)CN([C@@H](CC(C)C)C(=O)O)[P@](=O)(OCC1(COC(=O)[C@@H](N)C(C)C)C/C1=C/n1cnc2c(=O)[nH]c(N)nc21)Oc1ccccc1. The topological polar surface area (TPSA) is 218 Å². The molecule has 16 heteroatoms. The lowest BCUT2D eigenvalue weighted by Gasteiger charge is -2.37. The molecule has 0 aliphatic heterocycles. The average Bonchev–Trinajstić information content (AvgIpc) is 3.60. The lowest BCUT2D eigenvalue weighted by Crippen LogP contribution is -2.44. The maximum absolute atomic E-state index is 15.3. The zero-order valence-electron chi connectivity index (χ0n) is 29.6. The van der Waals surface area contributed by atoms with Crippen molar-refractivity contribution in [1.29, 1.82) is 0 Å². The summed E-state index contributed by atoms with van der Waals surface area (Å²) in [4.78, 5) is 48.9. The third kappa shape index (κ3) is 9.19. The van der Waals surface area contributed by atoms with E-state index in [0.29, 0.717) is 12.0 Å². The van der Waals surface area contributed by atoms with Gasteiger partial charge in [-0.1, -0.05) is 72.6 Å². The number of carbonyl (C=O) groups excluding carboxylic acids is 1. The number of carboxylic acids is 1. The Morgan fingerprint density at radius 2 is 1.84 bits per heavy atom. The van der Waals surface area contributed by atoms with Gasteiger partial charge in [-0.25, -0.2) is 9.55 Å². The minimum atomic E-state index is -4.42. The minimum Gasteiger partial charge on any atom is -0.480 e. The monoisotopic (exact) mass is 715 g/mol. The van der Waals surface area contributed by atoms with E-state index in [1.807, 2.05) is 27.7 Å². The molecule has 0 amide bonds. The number of hydrogen-bond acceptors (Lipinski definition) is 11. The second-order valence-corrected chi connectivity index (χ2v) is 15.6. The van der Waals surface area contributed by atoms with Crippen LogP contribution in [0.5, 0.6) is 5.75 Å². The van der Waals surface area contributed by atoms with Crippen molar-refractivity contribution in [2.75, 3.05) is 25.5 Å². The number of nitrogen functional groups attached to an aromatic ring is 1. The predicted octanol–water partition coefficient (Wildman–Crippen LogP) is 4.90. The number of rotatable bonds is 19. The lowest BCUT2D eigenvalue weighted by atomic mass is 10.0. The molecule has 1 aromatic carbocycles. The van der Waals surface area contributed by atoms with Crippen molar-refractivity contribution in [3.63, 3.8) is 0 Å². The third-order valence-electron chi connectivity index (χ3n) is 9.03. The Morgan fingerprint density at radius 1 is 1.16 bits per heavy atom. The van der Waals surface area contributed by atoms with E-state index >= 15 is 4.57 Å². The van der Waals surface area contributed by atoms with Crippen LogP contribution in [-0.2, 0) is 23.4 Å². The van der Waals surface area contributed by atoms with Gasteiger partial charge in [0.05, 0.1) is 12.0 Å². The van der Waals surface area contributed by atoms with E-state index in [4.69, 9.17) is 25.3 Å². The van der Waals surface area contributed by atoms with Gasteiger partial charge >= 0.3 is 19.7 Å². The number of anilines is 1. The van der Waals surface area contributed by atoms with E-state index in [1.165, 1.54) is 15.6 Å². The fourth-order valence-electron chi connectivity index (χ4n) is 5.59. The molecule has 274 valence electrons. The zero-order chi connectivity index (χ0) is 36.8. The molecule has 3 aromatic rings. The van der Waals surface area contributed by atoms with Crippen LogP contribution >= 0.6 is 7.75 Å². The molecule has 15 nitrogen and oxygen atoms in total. The maximum Gasteiger partial charge on any atom is 0.462 e. The number of aromatic amines is 1. The molecule has 4 atom stereocenters. The van der Waals surface area contributed by atoms with Crippen molar-refractivity contribution in [2.45, 2.75) is 79.3 Å². The second-order valence-electron chi connectivity index (χ2n) is 13.7. The first-order chi connectivity index (χ1) is 23.6. The highest BCUT2D eigenvalue weighted by atomic mass is 31.2. The number of carboxylic acid groups (broad SMARTS) is 1. The zero-order valence-corrected chi connectivity index (χ0v) is 30.5. The van der Waals surface area contributed by atoms with Crippen molar-refractivity contribution in [1.82, 2.24) is 24.2 Å². The van der Waals surface area contributed by atoms with Crippen LogP contribution in [0, 0.1) is 23.2 Å². The summed E-state index contributed by atoms with van der Waals surface area (Å²) >= 11 is 0. The largest absolute Gasteiger partial charge is 0.480 e. The number of fused-ring (bicyclic) bond motifs is 1. The van der Waals surface area contributed by atoms with Gasteiger partial charge < -0.3 is 25.8 Å². The molecule has 2 heterocycles. The van der Waals surface area contributed by atoms with E-state index in [9.17, 15) is 19.5 Å². The highest BCUT2D eigenvalue weighted by molar-refractivity contribution is 7.51. The normalized spacial score (nSPS) is 19.3. The standard InChI is InChI=1S/C34H50N7O8P/c1-7-23(8-2)16-41(26(31(43)44)14-21(3)4)50(46,49-25-12-10-9-11-13-25)48-19-34(18-47-32(45)27(35)22(5)6)15-24(34)17-40-20-37-28-29(40)38-33(36)39-30(28)42/h9-13,17,20-23,26-27H,7-8,14-16,18-19,35H2,1-6H3,(H,43,44)(H3,36,38,39,42)/b24-17-/t26-,27-,34?,50-/m0/s1. The van der Waals surface area contributed by atoms with Crippen molar-refractivity contribution < 1.29 is 33.0 Å². The molecule has 0 bridgehead atoms. The summed E-state index contributed by atoms with van der Waals surface area (Å²) in [6.45, 7) is 11.1. The van der Waals surface area contributed by atoms with Crippen LogP contribution in [0.15, 0.2) is 47.0 Å². The Bertz CT molecular complexity index is 1770. The van der Waals surface area contributed by atoms with Gasteiger partial charge in [0, 0.05) is 12.7 Å². The van der Waals surface area contributed by atoms with E-state index in [0.717, 1.165) is 12.8 Å². The van der Waals surface area contributed by atoms with Gasteiger partial charge in [-0.2, -0.15) is 9.65 Å². The Morgan fingerprint density at radius 3 is 2.44 bits per heavy atom. The number of imidazole rings is 1. The number of nitrogens with zero attached hydrogens (tertiary/aromatic N) is 4. The van der Waals surface area contributed by atoms with Crippen LogP contribution in [-0.4, -0.2) is 73.1 Å². The molecule has 1 saturated carbocycles. The van der Waals surface area contributed by atoms with E-state index in [2.05, 4.69) is 15.0 Å². The average molecular weight is 716 g/mol. The highest BCUT2D eigenvalue weighted by Gasteiger charge is 2.54. The summed E-state index contributed by atoms with van der Waals surface area (Å²) in [5.41, 5.74) is 11.4. The maximum atomic E-state index is 15.3. The van der Waals surface area contributed by atoms with Crippen LogP contribution in [0.4, 0.5) is 5.95 Å². The minimum absolute atomic E-state index is 0.00161. The molecule has 6 N–H and O–H groups in total. The van der Waals surface area contributed by atoms with Gasteiger partial charge in [0.25, 0.3) is 5.56 Å².